The van der Waals surface area contributed by atoms with Crippen molar-refractivity contribution in [2.75, 3.05) is 35.7 Å². The second kappa shape index (κ2) is 7.57. The highest BCUT2D eigenvalue weighted by atomic mass is 16.5. The van der Waals surface area contributed by atoms with Gasteiger partial charge in [0, 0.05) is 31.0 Å². The Labute approximate surface area is 196 Å². The van der Waals surface area contributed by atoms with Crippen molar-refractivity contribution >= 4 is 40.1 Å². The van der Waals surface area contributed by atoms with Crippen LogP contribution in [-0.4, -0.2) is 65.1 Å². The van der Waals surface area contributed by atoms with Crippen molar-refractivity contribution in [1.29, 1.82) is 0 Å². The number of rotatable bonds is 2. The van der Waals surface area contributed by atoms with Crippen molar-refractivity contribution in [2.24, 2.45) is 0 Å². The van der Waals surface area contributed by atoms with Crippen LogP contribution in [-0.2, 0) is 16.1 Å². The molecule has 34 heavy (non-hydrogen) atoms. The van der Waals surface area contributed by atoms with E-state index in [0.717, 1.165) is 49.4 Å². The van der Waals surface area contributed by atoms with E-state index in [2.05, 4.69) is 44.0 Å². The zero-order valence-corrected chi connectivity index (χ0v) is 19.0. The number of anilines is 4. The minimum Gasteiger partial charge on any atom is -0.386 e. The second-order valence-corrected chi connectivity index (χ2v) is 9.58. The van der Waals surface area contributed by atoms with Gasteiger partial charge in [-0.3, -0.25) is 0 Å². The van der Waals surface area contributed by atoms with Gasteiger partial charge in [0.15, 0.2) is 5.65 Å². The highest BCUT2D eigenvalue weighted by molar-refractivity contribution is 5.94. The summed E-state index contributed by atoms with van der Waals surface area (Å²) in [5.41, 5.74) is 5.17. The quantitative estimate of drug-likeness (QED) is 0.535. The Kier molecular flexibility index (Phi) is 4.46. The lowest BCUT2D eigenvalue weighted by molar-refractivity contribution is -0.0323. The van der Waals surface area contributed by atoms with Gasteiger partial charge in [-0.15, -0.1) is 0 Å². The molecule has 3 fully saturated rings. The van der Waals surface area contributed by atoms with Crippen LogP contribution in [0.3, 0.4) is 0 Å². The minimum absolute atomic E-state index is 0.00525. The lowest BCUT2D eigenvalue weighted by atomic mass is 9.89. The Morgan fingerprint density at radius 3 is 2.88 bits per heavy atom. The molecule has 2 saturated heterocycles. The molecule has 5 heterocycles. The van der Waals surface area contributed by atoms with E-state index < -0.39 is 0 Å². The first-order valence-corrected chi connectivity index (χ1v) is 11.9. The lowest BCUT2D eigenvalue weighted by Gasteiger charge is -2.37. The number of ether oxygens (including phenoxy) is 2. The molecule has 1 amide bonds. The zero-order valence-electron chi connectivity index (χ0n) is 19.0. The number of carbonyl (C=O) groups is 1. The average Bonchev–Trinajstić information content (AvgIpc) is 3.56. The highest BCUT2D eigenvalue weighted by Gasteiger charge is 2.39. The van der Waals surface area contributed by atoms with Crippen molar-refractivity contribution < 1.29 is 14.3 Å². The van der Waals surface area contributed by atoms with Gasteiger partial charge in [-0.05, 0) is 43.0 Å². The largest absolute Gasteiger partial charge is 0.386 e. The Balaban J connectivity index is 1.33. The molecule has 1 aliphatic carbocycles. The SMILES string of the molecule is CNc1cc2nc3c1ncn3C(=O)N[C@@H]1CC[C@H]1OCc1cc(cc(N3C[C@H]4CC3CO4)c1)N2. The molecule has 1 unspecified atom stereocenters. The van der Waals surface area contributed by atoms with Crippen molar-refractivity contribution in [3.63, 3.8) is 0 Å². The molecular formula is C24H27N7O3. The van der Waals surface area contributed by atoms with Crippen LogP contribution in [0.1, 0.15) is 24.8 Å². The van der Waals surface area contributed by atoms with E-state index in [0.29, 0.717) is 35.7 Å². The summed E-state index contributed by atoms with van der Waals surface area (Å²) in [4.78, 5) is 24.7. The number of nitrogens with one attached hydrogen (secondary N) is 3. The third-order valence-corrected chi connectivity index (χ3v) is 7.46. The number of benzene rings is 1. The maximum atomic E-state index is 13.0. The molecule has 3 N–H and O–H groups in total. The van der Waals surface area contributed by atoms with E-state index in [1.807, 2.05) is 13.1 Å². The van der Waals surface area contributed by atoms with E-state index >= 15 is 0 Å². The van der Waals surface area contributed by atoms with Gasteiger partial charge in [-0.2, -0.15) is 0 Å². The number of nitrogens with zero attached hydrogens (tertiary/aromatic N) is 4. The lowest BCUT2D eigenvalue weighted by Crippen LogP contribution is -2.52. The van der Waals surface area contributed by atoms with E-state index in [1.54, 1.807) is 0 Å². The predicted molar refractivity (Wildman–Crippen MR) is 128 cm³/mol. The van der Waals surface area contributed by atoms with Crippen LogP contribution in [0.15, 0.2) is 30.6 Å². The Morgan fingerprint density at radius 2 is 2.12 bits per heavy atom. The Hall–Kier alpha value is -3.37. The van der Waals surface area contributed by atoms with Gasteiger partial charge in [0.25, 0.3) is 0 Å². The summed E-state index contributed by atoms with van der Waals surface area (Å²) >= 11 is 0. The number of hydrogen-bond acceptors (Lipinski definition) is 8. The second-order valence-electron chi connectivity index (χ2n) is 9.58. The van der Waals surface area contributed by atoms with Crippen LogP contribution in [0.5, 0.6) is 0 Å². The fraction of sp³-hybridized carbons (Fsp3) is 0.458. The summed E-state index contributed by atoms with van der Waals surface area (Å²) in [5.74, 6) is 0.639. The average molecular weight is 462 g/mol. The Morgan fingerprint density at radius 1 is 1.18 bits per heavy atom. The molecule has 10 nitrogen and oxygen atoms in total. The fourth-order valence-electron chi connectivity index (χ4n) is 5.52. The van der Waals surface area contributed by atoms with Crippen LogP contribution >= 0.6 is 0 Å². The first-order chi connectivity index (χ1) is 16.6. The van der Waals surface area contributed by atoms with E-state index in [1.165, 1.54) is 16.6 Å². The molecule has 0 radical (unpaired) electrons. The summed E-state index contributed by atoms with van der Waals surface area (Å²) in [5, 5.41) is 9.75. The predicted octanol–water partition coefficient (Wildman–Crippen LogP) is 2.81. The molecule has 4 aliphatic rings. The van der Waals surface area contributed by atoms with Crippen LogP contribution in [0, 0.1) is 0 Å². The normalized spacial score (nSPS) is 27.7. The first-order valence-electron chi connectivity index (χ1n) is 11.9. The molecule has 7 rings (SSSR count). The summed E-state index contributed by atoms with van der Waals surface area (Å²) in [7, 11) is 1.84. The van der Waals surface area contributed by atoms with Crippen LogP contribution < -0.4 is 20.9 Å². The van der Waals surface area contributed by atoms with Crippen LogP contribution in [0.2, 0.25) is 0 Å². The van der Waals surface area contributed by atoms with Crippen LogP contribution in [0.25, 0.3) is 11.2 Å². The molecule has 2 aromatic heterocycles. The van der Waals surface area contributed by atoms with E-state index in [4.69, 9.17) is 14.5 Å². The van der Waals surface area contributed by atoms with Gasteiger partial charge in [0.2, 0.25) is 0 Å². The van der Waals surface area contributed by atoms with Crippen molar-refractivity contribution in [1.82, 2.24) is 19.9 Å². The number of morpholine rings is 1. The maximum Gasteiger partial charge on any atom is 0.328 e. The highest BCUT2D eigenvalue weighted by Crippen LogP contribution is 2.36. The molecule has 6 bridgehead atoms. The summed E-state index contributed by atoms with van der Waals surface area (Å²) in [6.45, 7) is 2.19. The minimum atomic E-state index is -0.239. The van der Waals surface area contributed by atoms with Gasteiger partial charge in [0.1, 0.15) is 17.7 Å². The Bertz CT molecular complexity index is 1290. The van der Waals surface area contributed by atoms with Gasteiger partial charge in [-0.25, -0.2) is 19.3 Å². The molecule has 176 valence electrons. The summed E-state index contributed by atoms with van der Waals surface area (Å²) < 4.78 is 13.6. The molecule has 1 saturated carbocycles. The van der Waals surface area contributed by atoms with Gasteiger partial charge in [0.05, 0.1) is 43.2 Å². The van der Waals surface area contributed by atoms with Gasteiger partial charge in [-0.1, -0.05) is 0 Å². The summed E-state index contributed by atoms with van der Waals surface area (Å²) in [6.07, 6.45) is 4.75. The van der Waals surface area contributed by atoms with Gasteiger partial charge < -0.3 is 30.3 Å². The van der Waals surface area contributed by atoms with E-state index in [-0.39, 0.29) is 18.2 Å². The topological polar surface area (TPSA) is 106 Å². The molecule has 3 aliphatic heterocycles. The zero-order chi connectivity index (χ0) is 22.8. The molecule has 10 heteroatoms. The number of imidazole rings is 1. The number of amides is 1. The number of pyridine rings is 1. The smallest absolute Gasteiger partial charge is 0.328 e. The van der Waals surface area contributed by atoms with Gasteiger partial charge >= 0.3 is 6.03 Å². The molecule has 1 aromatic carbocycles. The number of fused-ring (bicyclic) bond motifs is 6. The third-order valence-electron chi connectivity index (χ3n) is 7.46. The third kappa shape index (κ3) is 3.20. The monoisotopic (exact) mass is 461 g/mol. The first kappa shape index (κ1) is 20.0. The fourth-order valence-corrected chi connectivity index (χ4v) is 5.52. The van der Waals surface area contributed by atoms with Crippen molar-refractivity contribution in [3.05, 3.63) is 36.2 Å². The number of aromatic nitrogens is 3. The van der Waals surface area contributed by atoms with Crippen molar-refractivity contribution in [2.45, 2.75) is 50.2 Å². The number of hydrogen-bond donors (Lipinski definition) is 3. The standard InChI is InChI=1S/C24H27N7O3/c1-25-19-8-21-27-14-4-13(5-15(6-14)30-9-17-7-16(30)11-33-17)10-34-20-3-2-18(20)28-24(32)31-12-26-22(19)23(31)29-21/h4-6,8,12,16-18,20H,2-3,7,9-11H2,1H3,(H,28,32)(H2,25,27,29)/t16?,17-,18-,20-/m1/s1. The molecule has 3 aromatic rings. The maximum absolute atomic E-state index is 13.0. The molecule has 0 spiro atoms. The molecular weight excluding hydrogens is 434 g/mol. The van der Waals surface area contributed by atoms with Crippen LogP contribution in [0.4, 0.5) is 27.7 Å². The van der Waals surface area contributed by atoms with Crippen molar-refractivity contribution in [3.8, 4) is 0 Å². The molecule has 4 atom stereocenters. The number of carbonyl (C=O) groups excluding carboxylic acids is 1. The summed E-state index contributed by atoms with van der Waals surface area (Å²) in [6, 6.07) is 8.58. The van der Waals surface area contributed by atoms with E-state index in [9.17, 15) is 4.79 Å².